The van der Waals surface area contributed by atoms with Crippen molar-refractivity contribution < 1.29 is 9.53 Å². The average Bonchev–Trinajstić information content (AvgIpc) is 2.76. The molecule has 6 heteroatoms. The van der Waals surface area contributed by atoms with Gasteiger partial charge >= 0.3 is 5.97 Å². The number of fused-ring (bicyclic) bond motifs is 1. The molecule has 0 radical (unpaired) electrons. The summed E-state index contributed by atoms with van der Waals surface area (Å²) in [6, 6.07) is 16.5. The van der Waals surface area contributed by atoms with E-state index >= 15 is 0 Å². The molecule has 1 aliphatic rings. The standard InChI is InChI=1S/C23H26N4O2/c1-15(24)27-19-13-9-8-12-17(19)21(16-10-6-5-7-11-16)26-18(22(27)25)14-20(28)29-23(2,3)4/h5-13,18,24-25H,14H2,1-4H3. The van der Waals surface area contributed by atoms with Gasteiger partial charge in [-0.25, -0.2) is 0 Å². The smallest absolute Gasteiger partial charge is 0.308 e. The third kappa shape index (κ3) is 4.59. The molecular weight excluding hydrogens is 364 g/mol. The monoisotopic (exact) mass is 390 g/mol. The minimum absolute atomic E-state index is 0.0653. The second-order valence-electron chi connectivity index (χ2n) is 7.97. The number of hydrogen-bond donors (Lipinski definition) is 2. The maximum atomic E-state index is 12.5. The number of hydrogen-bond acceptors (Lipinski definition) is 5. The van der Waals surface area contributed by atoms with E-state index in [-0.39, 0.29) is 18.1 Å². The molecule has 2 aromatic carbocycles. The Hall–Kier alpha value is -3.28. The number of aliphatic imine (C=N–C) groups is 1. The van der Waals surface area contributed by atoms with Gasteiger partial charge < -0.3 is 4.74 Å². The summed E-state index contributed by atoms with van der Waals surface area (Å²) in [6.07, 6.45) is -0.0653. The topological polar surface area (TPSA) is 89.6 Å². The van der Waals surface area contributed by atoms with Crippen molar-refractivity contribution in [3.63, 3.8) is 0 Å². The molecule has 0 aliphatic carbocycles. The van der Waals surface area contributed by atoms with E-state index in [0.29, 0.717) is 11.4 Å². The van der Waals surface area contributed by atoms with Gasteiger partial charge in [0.05, 0.1) is 17.8 Å². The highest BCUT2D eigenvalue weighted by molar-refractivity contribution is 6.26. The molecule has 0 saturated carbocycles. The second kappa shape index (κ2) is 7.99. The van der Waals surface area contributed by atoms with Crippen molar-refractivity contribution in [3.8, 4) is 0 Å². The summed E-state index contributed by atoms with van der Waals surface area (Å²) in [5.41, 5.74) is 2.51. The van der Waals surface area contributed by atoms with Gasteiger partial charge in [-0.2, -0.15) is 0 Å². The van der Waals surface area contributed by atoms with E-state index in [2.05, 4.69) is 0 Å². The minimum atomic E-state index is -0.757. The Kier molecular flexibility index (Phi) is 5.64. The van der Waals surface area contributed by atoms with E-state index in [1.165, 1.54) is 0 Å². The van der Waals surface area contributed by atoms with Gasteiger partial charge in [-0.15, -0.1) is 0 Å². The zero-order valence-electron chi connectivity index (χ0n) is 17.2. The predicted molar refractivity (Wildman–Crippen MR) is 116 cm³/mol. The van der Waals surface area contributed by atoms with E-state index < -0.39 is 17.6 Å². The zero-order chi connectivity index (χ0) is 21.2. The fraction of sp³-hybridized carbons (Fsp3) is 0.304. The molecule has 1 aliphatic heterocycles. The molecule has 0 spiro atoms. The number of carbonyl (C=O) groups is 1. The fourth-order valence-electron chi connectivity index (χ4n) is 3.30. The number of para-hydroxylation sites is 1. The van der Waals surface area contributed by atoms with Gasteiger partial charge in [0.2, 0.25) is 0 Å². The van der Waals surface area contributed by atoms with Crippen LogP contribution in [-0.4, -0.2) is 35.0 Å². The van der Waals surface area contributed by atoms with Crippen molar-refractivity contribution in [2.75, 3.05) is 4.90 Å². The van der Waals surface area contributed by atoms with Crippen LogP contribution in [0.4, 0.5) is 5.69 Å². The maximum Gasteiger partial charge on any atom is 0.308 e. The van der Waals surface area contributed by atoms with Crippen LogP contribution < -0.4 is 4.90 Å². The zero-order valence-corrected chi connectivity index (χ0v) is 17.2. The highest BCUT2D eigenvalue weighted by Crippen LogP contribution is 2.30. The van der Waals surface area contributed by atoms with E-state index in [0.717, 1.165) is 11.1 Å². The highest BCUT2D eigenvalue weighted by Gasteiger charge is 2.32. The van der Waals surface area contributed by atoms with Crippen molar-refractivity contribution >= 4 is 29.0 Å². The SMILES string of the molecule is CC(=N)N1C(=N)C(CC(=O)OC(C)(C)C)N=C(c2ccccc2)c2ccccc21. The van der Waals surface area contributed by atoms with Gasteiger partial charge in [0.1, 0.15) is 23.3 Å². The van der Waals surface area contributed by atoms with Gasteiger partial charge in [0.15, 0.2) is 0 Å². The maximum absolute atomic E-state index is 12.5. The summed E-state index contributed by atoms with van der Waals surface area (Å²) in [5, 5.41) is 17.0. The molecule has 0 amide bonds. The van der Waals surface area contributed by atoms with Gasteiger partial charge in [-0.1, -0.05) is 48.5 Å². The van der Waals surface area contributed by atoms with Crippen molar-refractivity contribution in [1.29, 1.82) is 10.8 Å². The Morgan fingerprint density at radius 2 is 1.72 bits per heavy atom. The summed E-state index contributed by atoms with van der Waals surface area (Å²) in [5.74, 6) is -0.139. The summed E-state index contributed by atoms with van der Waals surface area (Å²) < 4.78 is 5.47. The number of ether oxygens (including phenoxy) is 1. The Bertz CT molecular complexity index is 974. The molecule has 2 N–H and O–H groups in total. The number of rotatable bonds is 3. The van der Waals surface area contributed by atoms with Crippen molar-refractivity contribution in [2.45, 2.75) is 45.8 Å². The molecule has 1 unspecified atom stereocenters. The molecule has 150 valence electrons. The van der Waals surface area contributed by atoms with Crippen LogP contribution in [-0.2, 0) is 9.53 Å². The van der Waals surface area contributed by atoms with E-state index in [9.17, 15) is 4.79 Å². The summed E-state index contributed by atoms with van der Waals surface area (Å²) in [7, 11) is 0. The van der Waals surface area contributed by atoms with Crippen LogP contribution in [0.15, 0.2) is 59.6 Å². The summed E-state index contributed by atoms with van der Waals surface area (Å²) in [4.78, 5) is 18.9. The molecule has 0 fully saturated rings. The first-order chi connectivity index (χ1) is 13.7. The Balaban J connectivity index is 2.13. The van der Waals surface area contributed by atoms with Crippen LogP contribution in [0.3, 0.4) is 0 Å². The first-order valence-corrected chi connectivity index (χ1v) is 9.55. The van der Waals surface area contributed by atoms with Gasteiger partial charge in [0.25, 0.3) is 0 Å². The van der Waals surface area contributed by atoms with E-state index in [1.54, 1.807) is 11.8 Å². The first kappa shape index (κ1) is 20.5. The van der Waals surface area contributed by atoms with Crippen molar-refractivity contribution in [2.24, 2.45) is 4.99 Å². The van der Waals surface area contributed by atoms with Crippen LogP contribution in [0.2, 0.25) is 0 Å². The molecular formula is C23H26N4O2. The lowest BCUT2D eigenvalue weighted by molar-refractivity contribution is -0.154. The molecule has 1 atom stereocenters. The number of amidine groups is 2. The average molecular weight is 390 g/mol. The fourth-order valence-corrected chi connectivity index (χ4v) is 3.30. The number of benzodiazepines with no additional fused rings is 1. The third-order valence-corrected chi connectivity index (χ3v) is 4.40. The van der Waals surface area contributed by atoms with Crippen LogP contribution in [0.1, 0.15) is 45.2 Å². The second-order valence-corrected chi connectivity index (χ2v) is 7.97. The van der Waals surface area contributed by atoms with Crippen LogP contribution >= 0.6 is 0 Å². The number of esters is 1. The molecule has 29 heavy (non-hydrogen) atoms. The highest BCUT2D eigenvalue weighted by atomic mass is 16.6. The van der Waals surface area contributed by atoms with Crippen LogP contribution in [0, 0.1) is 10.8 Å². The lowest BCUT2D eigenvalue weighted by Crippen LogP contribution is -2.41. The van der Waals surface area contributed by atoms with E-state index in [4.69, 9.17) is 20.5 Å². The molecule has 3 rings (SSSR count). The largest absolute Gasteiger partial charge is 0.460 e. The molecule has 2 aromatic rings. The molecule has 0 aromatic heterocycles. The molecule has 1 heterocycles. The number of nitrogens with one attached hydrogen (secondary N) is 2. The van der Waals surface area contributed by atoms with Gasteiger partial charge in [0, 0.05) is 11.1 Å². The Morgan fingerprint density at radius 3 is 2.34 bits per heavy atom. The summed E-state index contributed by atoms with van der Waals surface area (Å²) in [6.45, 7) is 7.06. The van der Waals surface area contributed by atoms with Crippen LogP contribution in [0.25, 0.3) is 0 Å². The predicted octanol–water partition coefficient (Wildman–Crippen LogP) is 4.42. The normalized spacial score (nSPS) is 16.6. The van der Waals surface area contributed by atoms with Crippen molar-refractivity contribution in [1.82, 2.24) is 0 Å². The minimum Gasteiger partial charge on any atom is -0.460 e. The Morgan fingerprint density at radius 1 is 1.10 bits per heavy atom. The molecule has 0 bridgehead atoms. The number of nitrogens with zero attached hydrogens (tertiary/aromatic N) is 2. The van der Waals surface area contributed by atoms with Gasteiger partial charge in [-0.05, 0) is 33.8 Å². The lowest BCUT2D eigenvalue weighted by atomic mass is 10.00. The van der Waals surface area contributed by atoms with Crippen molar-refractivity contribution in [3.05, 3.63) is 65.7 Å². The third-order valence-electron chi connectivity index (χ3n) is 4.40. The first-order valence-electron chi connectivity index (χ1n) is 9.55. The quantitative estimate of drug-likeness (QED) is 0.462. The summed E-state index contributed by atoms with van der Waals surface area (Å²) >= 11 is 0. The lowest BCUT2D eigenvalue weighted by Gasteiger charge is -2.27. The number of anilines is 1. The molecule has 6 nitrogen and oxygen atoms in total. The van der Waals surface area contributed by atoms with E-state index in [1.807, 2.05) is 75.4 Å². The molecule has 0 saturated heterocycles. The van der Waals surface area contributed by atoms with Crippen LogP contribution in [0.5, 0.6) is 0 Å². The number of carbonyl (C=O) groups excluding carboxylic acids is 1. The number of benzene rings is 2. The Labute approximate surface area is 171 Å². The van der Waals surface area contributed by atoms with Gasteiger partial charge in [-0.3, -0.25) is 25.5 Å².